The summed E-state index contributed by atoms with van der Waals surface area (Å²) >= 11 is 5.80. The maximum Gasteiger partial charge on any atom is 0.278 e. The van der Waals surface area contributed by atoms with Crippen LogP contribution in [0.5, 0.6) is 0 Å². The van der Waals surface area contributed by atoms with E-state index >= 15 is 0 Å². The van der Waals surface area contributed by atoms with Gasteiger partial charge < -0.3 is 0 Å². The second-order valence-corrected chi connectivity index (χ2v) is 5.95. The predicted octanol–water partition coefficient (Wildman–Crippen LogP) is 2.45. The Morgan fingerprint density at radius 3 is 2.62 bits per heavy atom. The van der Waals surface area contributed by atoms with Gasteiger partial charge in [0.05, 0.1) is 11.9 Å². The van der Waals surface area contributed by atoms with E-state index in [1.807, 2.05) is 0 Å². The van der Waals surface area contributed by atoms with E-state index in [4.69, 9.17) is 22.3 Å². The third-order valence-electron chi connectivity index (χ3n) is 1.91. The van der Waals surface area contributed by atoms with Crippen LogP contribution in [-0.2, 0) is 9.05 Å². The standard InChI is InChI=1S/C9H6Cl2N2O2S/c10-7-2-1-3-8(6-7)13-9(4-5-12-13)16(11,14)15/h1-6H. The average molecular weight is 277 g/mol. The number of rotatable bonds is 2. The third kappa shape index (κ3) is 2.21. The summed E-state index contributed by atoms with van der Waals surface area (Å²) in [7, 11) is 1.45. The highest BCUT2D eigenvalue weighted by atomic mass is 35.7. The summed E-state index contributed by atoms with van der Waals surface area (Å²) in [6.45, 7) is 0. The fraction of sp³-hybridized carbons (Fsp3) is 0. The van der Waals surface area contributed by atoms with E-state index in [9.17, 15) is 8.42 Å². The van der Waals surface area contributed by atoms with Crippen molar-refractivity contribution < 1.29 is 8.42 Å². The molecular formula is C9H6Cl2N2O2S. The molecule has 0 bridgehead atoms. The van der Waals surface area contributed by atoms with Crippen LogP contribution in [0, 0.1) is 0 Å². The highest BCUT2D eigenvalue weighted by molar-refractivity contribution is 8.13. The number of nitrogens with zero attached hydrogens (tertiary/aromatic N) is 2. The molecule has 0 amide bonds. The van der Waals surface area contributed by atoms with E-state index in [0.717, 1.165) is 0 Å². The minimum atomic E-state index is -3.82. The number of halogens is 2. The fourth-order valence-electron chi connectivity index (χ4n) is 1.28. The van der Waals surface area contributed by atoms with Crippen molar-refractivity contribution in [2.75, 3.05) is 0 Å². The summed E-state index contributed by atoms with van der Waals surface area (Å²) in [5.41, 5.74) is 0.539. The Morgan fingerprint density at radius 1 is 1.25 bits per heavy atom. The molecule has 0 radical (unpaired) electrons. The molecule has 1 heterocycles. The topological polar surface area (TPSA) is 52.0 Å². The molecule has 0 N–H and O–H groups in total. The summed E-state index contributed by atoms with van der Waals surface area (Å²) in [5.74, 6) is 0. The van der Waals surface area contributed by atoms with Gasteiger partial charge in [-0.1, -0.05) is 17.7 Å². The van der Waals surface area contributed by atoms with Gasteiger partial charge in [-0.2, -0.15) is 5.10 Å². The maximum absolute atomic E-state index is 11.2. The van der Waals surface area contributed by atoms with Gasteiger partial charge in [0, 0.05) is 15.7 Å². The first kappa shape index (κ1) is 11.4. The molecule has 2 rings (SSSR count). The SMILES string of the molecule is O=S(=O)(Cl)c1ccnn1-c1cccc(Cl)c1. The third-order valence-corrected chi connectivity index (χ3v) is 3.43. The van der Waals surface area contributed by atoms with Crippen LogP contribution in [0.1, 0.15) is 0 Å². The van der Waals surface area contributed by atoms with Gasteiger partial charge in [0.1, 0.15) is 0 Å². The average Bonchev–Trinajstić information content (AvgIpc) is 2.65. The molecule has 0 aliphatic heterocycles. The minimum Gasteiger partial charge on any atom is -0.221 e. The molecule has 84 valence electrons. The van der Waals surface area contributed by atoms with Crippen LogP contribution >= 0.6 is 22.3 Å². The number of benzene rings is 1. The molecule has 0 unspecified atom stereocenters. The van der Waals surface area contributed by atoms with Crippen molar-refractivity contribution >= 4 is 31.3 Å². The van der Waals surface area contributed by atoms with Gasteiger partial charge in [0.15, 0.2) is 5.03 Å². The molecule has 16 heavy (non-hydrogen) atoms. The quantitative estimate of drug-likeness (QED) is 0.792. The van der Waals surface area contributed by atoms with Crippen molar-refractivity contribution in [1.29, 1.82) is 0 Å². The zero-order chi connectivity index (χ0) is 11.8. The van der Waals surface area contributed by atoms with E-state index in [0.29, 0.717) is 10.7 Å². The Morgan fingerprint density at radius 2 is 2.00 bits per heavy atom. The molecule has 2 aromatic rings. The molecule has 0 saturated carbocycles. The lowest BCUT2D eigenvalue weighted by molar-refractivity contribution is 0.600. The molecular weight excluding hydrogens is 271 g/mol. The first-order valence-corrected chi connectivity index (χ1v) is 6.92. The summed E-state index contributed by atoms with van der Waals surface area (Å²) in [4.78, 5) is 0. The van der Waals surface area contributed by atoms with Gasteiger partial charge in [-0.05, 0) is 24.3 Å². The smallest absolute Gasteiger partial charge is 0.221 e. The van der Waals surface area contributed by atoms with Crippen molar-refractivity contribution in [3.8, 4) is 5.69 Å². The first-order chi connectivity index (χ1) is 7.48. The van der Waals surface area contributed by atoms with E-state index in [2.05, 4.69) is 5.10 Å². The van der Waals surface area contributed by atoms with Gasteiger partial charge in [-0.25, -0.2) is 13.1 Å². The molecule has 0 fully saturated rings. The zero-order valence-corrected chi connectivity index (χ0v) is 10.2. The van der Waals surface area contributed by atoms with Crippen molar-refractivity contribution in [2.45, 2.75) is 5.03 Å². The number of hydrogen-bond donors (Lipinski definition) is 0. The summed E-state index contributed by atoms with van der Waals surface area (Å²) in [6, 6.07) is 7.99. The molecule has 4 nitrogen and oxygen atoms in total. The Kier molecular flexibility index (Phi) is 2.92. The van der Waals surface area contributed by atoms with Crippen molar-refractivity contribution in [2.24, 2.45) is 0 Å². The van der Waals surface area contributed by atoms with E-state index in [1.54, 1.807) is 24.3 Å². The summed E-state index contributed by atoms with van der Waals surface area (Å²) < 4.78 is 23.7. The second kappa shape index (κ2) is 4.08. The van der Waals surface area contributed by atoms with Gasteiger partial charge in [0.25, 0.3) is 9.05 Å². The summed E-state index contributed by atoms with van der Waals surface area (Å²) in [6.07, 6.45) is 1.36. The molecule has 0 aliphatic carbocycles. The van der Waals surface area contributed by atoms with Crippen LogP contribution in [0.25, 0.3) is 5.69 Å². The maximum atomic E-state index is 11.2. The van der Waals surface area contributed by atoms with Crippen LogP contribution in [0.4, 0.5) is 0 Å². The Labute approximate surface area is 102 Å². The van der Waals surface area contributed by atoms with E-state index in [-0.39, 0.29) is 5.03 Å². The lowest BCUT2D eigenvalue weighted by atomic mass is 10.3. The van der Waals surface area contributed by atoms with Gasteiger partial charge in [-0.15, -0.1) is 0 Å². The molecule has 0 atom stereocenters. The molecule has 7 heteroatoms. The first-order valence-electron chi connectivity index (χ1n) is 4.23. The molecule has 1 aromatic heterocycles. The van der Waals surface area contributed by atoms with Crippen molar-refractivity contribution in [1.82, 2.24) is 9.78 Å². The molecule has 0 aliphatic rings. The second-order valence-electron chi connectivity index (χ2n) is 3.00. The van der Waals surface area contributed by atoms with E-state index < -0.39 is 9.05 Å². The number of hydrogen-bond acceptors (Lipinski definition) is 3. The highest BCUT2D eigenvalue weighted by Gasteiger charge is 2.17. The lowest BCUT2D eigenvalue weighted by Crippen LogP contribution is -2.04. The van der Waals surface area contributed by atoms with Gasteiger partial charge in [0.2, 0.25) is 0 Å². The monoisotopic (exact) mass is 276 g/mol. The van der Waals surface area contributed by atoms with Gasteiger partial charge >= 0.3 is 0 Å². The molecule has 1 aromatic carbocycles. The van der Waals surface area contributed by atoms with Crippen LogP contribution < -0.4 is 0 Å². The number of aromatic nitrogens is 2. The molecule has 0 saturated heterocycles. The van der Waals surface area contributed by atoms with Gasteiger partial charge in [-0.3, -0.25) is 0 Å². The Hall–Kier alpha value is -1.04. The van der Waals surface area contributed by atoms with Crippen LogP contribution in [0.15, 0.2) is 41.6 Å². The largest absolute Gasteiger partial charge is 0.278 e. The van der Waals surface area contributed by atoms with Crippen molar-refractivity contribution in [3.05, 3.63) is 41.6 Å². The predicted molar refractivity (Wildman–Crippen MR) is 61.6 cm³/mol. The van der Waals surface area contributed by atoms with Crippen molar-refractivity contribution in [3.63, 3.8) is 0 Å². The zero-order valence-electron chi connectivity index (χ0n) is 7.84. The lowest BCUT2D eigenvalue weighted by Gasteiger charge is -2.04. The Bertz CT molecular complexity index is 622. The summed E-state index contributed by atoms with van der Waals surface area (Å²) in [5, 5.41) is 4.29. The molecule has 0 spiro atoms. The van der Waals surface area contributed by atoms with Crippen LogP contribution in [0.3, 0.4) is 0 Å². The van der Waals surface area contributed by atoms with Crippen LogP contribution in [-0.4, -0.2) is 18.2 Å². The van der Waals surface area contributed by atoms with Crippen LogP contribution in [0.2, 0.25) is 5.02 Å². The minimum absolute atomic E-state index is 0.0866. The normalized spacial score (nSPS) is 11.6. The fourth-order valence-corrected chi connectivity index (χ4v) is 2.40. The Balaban J connectivity index is 2.62. The van der Waals surface area contributed by atoms with E-state index in [1.165, 1.54) is 16.9 Å². The highest BCUT2D eigenvalue weighted by Crippen LogP contribution is 2.20.